The molecule has 0 aliphatic heterocycles. The molecule has 0 saturated carbocycles. The van der Waals surface area contributed by atoms with Gasteiger partial charge in [0, 0.05) is 23.0 Å². The molecular formula is C19H15F3N6O2S. The van der Waals surface area contributed by atoms with Crippen molar-refractivity contribution in [2.24, 2.45) is 5.73 Å². The van der Waals surface area contributed by atoms with Gasteiger partial charge in [0.25, 0.3) is 5.22 Å². The van der Waals surface area contributed by atoms with Gasteiger partial charge >= 0.3 is 12.2 Å². The first kappa shape index (κ1) is 20.7. The van der Waals surface area contributed by atoms with Gasteiger partial charge < -0.3 is 10.2 Å². The molecule has 0 unspecified atom stereocenters. The number of primary amides is 1. The van der Waals surface area contributed by atoms with Crippen LogP contribution in [0.5, 0.6) is 0 Å². The summed E-state index contributed by atoms with van der Waals surface area (Å²) in [6.45, 7) is -1.48. The number of urea groups is 1. The first-order chi connectivity index (χ1) is 14.7. The summed E-state index contributed by atoms with van der Waals surface area (Å²) in [5.74, 6) is 0.350. The number of thioether (sulfide) groups is 1. The maximum Gasteiger partial charge on any atom is 0.406 e. The number of nitrogens with two attached hydrogens (primary N) is 1. The van der Waals surface area contributed by atoms with E-state index < -0.39 is 18.8 Å². The molecular weight excluding hydrogens is 433 g/mol. The second-order valence-electron chi connectivity index (χ2n) is 6.45. The number of rotatable bonds is 5. The average molecular weight is 448 g/mol. The van der Waals surface area contributed by atoms with Crippen molar-refractivity contribution in [3.63, 3.8) is 0 Å². The van der Waals surface area contributed by atoms with Gasteiger partial charge in [-0.2, -0.15) is 13.2 Å². The third-order valence-electron chi connectivity index (χ3n) is 4.40. The van der Waals surface area contributed by atoms with Crippen molar-refractivity contribution in [3.05, 3.63) is 48.8 Å². The summed E-state index contributed by atoms with van der Waals surface area (Å²) >= 11 is 1.33. The van der Waals surface area contributed by atoms with E-state index in [0.29, 0.717) is 38.5 Å². The molecule has 0 spiro atoms. The van der Waals surface area contributed by atoms with Crippen LogP contribution < -0.4 is 10.6 Å². The lowest BCUT2D eigenvalue weighted by molar-refractivity contribution is -0.118. The van der Waals surface area contributed by atoms with E-state index in [4.69, 9.17) is 10.2 Å². The van der Waals surface area contributed by atoms with E-state index in [1.165, 1.54) is 23.9 Å². The zero-order valence-electron chi connectivity index (χ0n) is 16.0. The van der Waals surface area contributed by atoms with Crippen LogP contribution in [0.15, 0.2) is 58.4 Å². The van der Waals surface area contributed by atoms with E-state index in [1.54, 1.807) is 41.1 Å². The van der Waals surface area contributed by atoms with Gasteiger partial charge in [-0.3, -0.25) is 9.30 Å². The van der Waals surface area contributed by atoms with Crippen LogP contribution in [-0.2, 0) is 0 Å². The lowest BCUT2D eigenvalue weighted by Gasteiger charge is -2.22. The minimum atomic E-state index is -4.59. The third kappa shape index (κ3) is 4.33. The minimum Gasteiger partial charge on any atom is -0.411 e. The molecule has 8 nitrogen and oxygen atoms in total. The Kier molecular flexibility index (Phi) is 5.31. The number of pyridine rings is 1. The SMILES string of the molecule is CSc1nnc(-c2ccn3c(-c4cccc(N(CC(F)(F)F)C(N)=O)c4)cnc3c2)o1. The smallest absolute Gasteiger partial charge is 0.406 e. The second kappa shape index (κ2) is 7.95. The van der Waals surface area contributed by atoms with Crippen LogP contribution in [0, 0.1) is 0 Å². The van der Waals surface area contributed by atoms with Crippen LogP contribution in [0.25, 0.3) is 28.4 Å². The van der Waals surface area contributed by atoms with Crippen LogP contribution in [0.4, 0.5) is 23.7 Å². The molecule has 1 aromatic carbocycles. The first-order valence-corrected chi connectivity index (χ1v) is 10.1. The molecule has 12 heteroatoms. The predicted molar refractivity (Wildman–Crippen MR) is 109 cm³/mol. The highest BCUT2D eigenvalue weighted by Crippen LogP contribution is 2.29. The van der Waals surface area contributed by atoms with Crippen molar-refractivity contribution in [1.29, 1.82) is 0 Å². The molecule has 0 radical (unpaired) electrons. The average Bonchev–Trinajstić information content (AvgIpc) is 3.38. The molecule has 31 heavy (non-hydrogen) atoms. The summed E-state index contributed by atoms with van der Waals surface area (Å²) in [5, 5.41) is 8.33. The molecule has 4 aromatic rings. The van der Waals surface area contributed by atoms with E-state index in [9.17, 15) is 18.0 Å². The molecule has 4 rings (SSSR count). The van der Waals surface area contributed by atoms with E-state index in [1.807, 2.05) is 6.26 Å². The Hall–Kier alpha value is -3.54. The summed E-state index contributed by atoms with van der Waals surface area (Å²) in [7, 11) is 0. The number of imidazole rings is 1. The van der Waals surface area contributed by atoms with Crippen molar-refractivity contribution in [2.45, 2.75) is 11.4 Å². The zero-order valence-corrected chi connectivity index (χ0v) is 16.8. The standard InChI is InChI=1S/C19H15F3N6O2S/c1-31-18-26-25-16(30-18)12-5-6-27-14(9-24-15(27)8-12)11-3-2-4-13(7-11)28(17(23)29)10-19(20,21)22/h2-9H,10H2,1H3,(H2,23,29). The van der Waals surface area contributed by atoms with Gasteiger partial charge in [0.15, 0.2) is 0 Å². The van der Waals surface area contributed by atoms with Crippen LogP contribution in [0.1, 0.15) is 0 Å². The number of nitrogens with zero attached hydrogens (tertiary/aromatic N) is 5. The molecule has 0 aliphatic rings. The lowest BCUT2D eigenvalue weighted by Crippen LogP contribution is -2.42. The number of alkyl halides is 3. The van der Waals surface area contributed by atoms with Gasteiger partial charge in [-0.25, -0.2) is 9.78 Å². The molecule has 0 saturated heterocycles. The van der Waals surface area contributed by atoms with Gasteiger partial charge in [0.05, 0.1) is 11.9 Å². The van der Waals surface area contributed by atoms with Crippen LogP contribution in [-0.4, -0.2) is 44.6 Å². The fraction of sp³-hybridized carbons (Fsp3) is 0.158. The highest BCUT2D eigenvalue weighted by molar-refractivity contribution is 7.98. The van der Waals surface area contributed by atoms with Crippen molar-refractivity contribution < 1.29 is 22.4 Å². The topological polar surface area (TPSA) is 103 Å². The van der Waals surface area contributed by atoms with Crippen LogP contribution in [0.2, 0.25) is 0 Å². The number of anilines is 1. The molecule has 3 aromatic heterocycles. The monoisotopic (exact) mass is 448 g/mol. The number of benzene rings is 1. The van der Waals surface area contributed by atoms with Crippen molar-refractivity contribution in [1.82, 2.24) is 19.6 Å². The minimum absolute atomic E-state index is 0.0318. The van der Waals surface area contributed by atoms with Crippen LogP contribution >= 0.6 is 11.8 Å². The van der Waals surface area contributed by atoms with Gasteiger partial charge in [-0.1, -0.05) is 23.9 Å². The van der Waals surface area contributed by atoms with Crippen molar-refractivity contribution in [3.8, 4) is 22.7 Å². The summed E-state index contributed by atoms with van der Waals surface area (Å²) in [6.07, 6.45) is 0.557. The fourth-order valence-electron chi connectivity index (χ4n) is 3.05. The van der Waals surface area contributed by atoms with E-state index in [0.717, 1.165) is 0 Å². The fourth-order valence-corrected chi connectivity index (χ4v) is 3.33. The van der Waals surface area contributed by atoms with E-state index in [2.05, 4.69) is 15.2 Å². The van der Waals surface area contributed by atoms with E-state index >= 15 is 0 Å². The van der Waals surface area contributed by atoms with Gasteiger partial charge in [0.2, 0.25) is 5.89 Å². The predicted octanol–water partition coefficient (Wildman–Crippen LogP) is 4.22. The Morgan fingerprint density at radius 3 is 2.71 bits per heavy atom. The molecule has 0 fully saturated rings. The first-order valence-electron chi connectivity index (χ1n) is 8.84. The van der Waals surface area contributed by atoms with Gasteiger partial charge in [0.1, 0.15) is 12.2 Å². The number of hydrogen-bond donors (Lipinski definition) is 1. The van der Waals surface area contributed by atoms with Crippen molar-refractivity contribution in [2.75, 3.05) is 17.7 Å². The summed E-state index contributed by atoms with van der Waals surface area (Å²) in [4.78, 5) is 16.4. The molecule has 0 aliphatic carbocycles. The summed E-state index contributed by atoms with van der Waals surface area (Å²) < 4.78 is 45.8. The third-order valence-corrected chi connectivity index (χ3v) is 4.91. The molecule has 3 heterocycles. The lowest BCUT2D eigenvalue weighted by atomic mass is 10.1. The summed E-state index contributed by atoms with van der Waals surface area (Å²) in [6, 6.07) is 8.42. The molecule has 160 valence electrons. The Morgan fingerprint density at radius 2 is 2.03 bits per heavy atom. The Labute approximate surface area is 177 Å². The number of halogens is 3. The van der Waals surface area contributed by atoms with Gasteiger partial charge in [-0.05, 0) is 30.5 Å². The highest BCUT2D eigenvalue weighted by atomic mass is 32.2. The number of amides is 2. The second-order valence-corrected chi connectivity index (χ2v) is 7.21. The molecule has 0 bridgehead atoms. The maximum absolute atomic E-state index is 12.9. The number of fused-ring (bicyclic) bond motifs is 1. The Balaban J connectivity index is 1.70. The normalized spacial score (nSPS) is 11.7. The number of carbonyl (C=O) groups is 1. The van der Waals surface area contributed by atoms with Gasteiger partial charge in [-0.15, -0.1) is 10.2 Å². The zero-order chi connectivity index (χ0) is 22.2. The quantitative estimate of drug-likeness (QED) is 0.459. The molecule has 2 N–H and O–H groups in total. The summed E-state index contributed by atoms with van der Waals surface area (Å²) in [5.41, 5.74) is 7.63. The largest absolute Gasteiger partial charge is 0.411 e. The number of hydrogen-bond acceptors (Lipinski definition) is 6. The Morgan fingerprint density at radius 1 is 1.23 bits per heavy atom. The number of aromatic nitrogens is 4. The van der Waals surface area contributed by atoms with Crippen LogP contribution in [0.3, 0.4) is 0 Å². The molecule has 2 amide bonds. The van der Waals surface area contributed by atoms with Crippen molar-refractivity contribution >= 4 is 29.1 Å². The molecule has 0 atom stereocenters. The van der Waals surface area contributed by atoms with E-state index in [-0.39, 0.29) is 5.69 Å². The highest BCUT2D eigenvalue weighted by Gasteiger charge is 2.33. The number of carbonyl (C=O) groups excluding carboxylic acids is 1. The maximum atomic E-state index is 12.9. The Bertz CT molecular complexity index is 1250.